The molecule has 0 saturated heterocycles. The molecule has 1 saturated carbocycles. The highest BCUT2D eigenvalue weighted by atomic mass is 32.1. The molecule has 1 heterocycles. The van der Waals surface area contributed by atoms with Crippen LogP contribution >= 0.6 is 11.3 Å². The molecule has 0 aromatic carbocycles. The van der Waals surface area contributed by atoms with Crippen LogP contribution in [0.5, 0.6) is 0 Å². The molecule has 1 N–H and O–H groups in total. The average Bonchev–Trinajstić information content (AvgIpc) is 2.95. The normalized spacial score (nSPS) is 15.8. The molecule has 1 fully saturated rings. The van der Waals surface area contributed by atoms with Crippen molar-refractivity contribution in [1.29, 1.82) is 0 Å². The Morgan fingerprint density at radius 3 is 3.20 bits per heavy atom. The topological polar surface area (TPSA) is 34.1 Å². The van der Waals surface area contributed by atoms with E-state index in [1.165, 1.54) is 19.3 Å². The summed E-state index contributed by atoms with van der Waals surface area (Å²) < 4.78 is 5.03. The molecule has 3 nitrogen and oxygen atoms in total. The van der Waals surface area contributed by atoms with E-state index in [0.717, 1.165) is 29.7 Å². The van der Waals surface area contributed by atoms with Crippen LogP contribution in [0, 0.1) is 5.92 Å². The van der Waals surface area contributed by atoms with Crippen LogP contribution in [0.25, 0.3) is 0 Å². The number of nitrogens with one attached hydrogen (secondary N) is 1. The Morgan fingerprint density at radius 1 is 1.60 bits per heavy atom. The Morgan fingerprint density at radius 2 is 2.47 bits per heavy atom. The van der Waals surface area contributed by atoms with Crippen molar-refractivity contribution in [3.63, 3.8) is 0 Å². The highest BCUT2D eigenvalue weighted by molar-refractivity contribution is 7.09. The van der Waals surface area contributed by atoms with Crippen molar-refractivity contribution in [2.24, 2.45) is 5.92 Å². The van der Waals surface area contributed by atoms with E-state index in [4.69, 9.17) is 4.74 Å². The summed E-state index contributed by atoms with van der Waals surface area (Å²) in [6.07, 6.45) is 4.21. The molecule has 15 heavy (non-hydrogen) atoms. The lowest BCUT2D eigenvalue weighted by Gasteiger charge is -2.00. The SMILES string of the molecule is COCc1nc(CNCCC2CC2)cs1. The summed E-state index contributed by atoms with van der Waals surface area (Å²) in [5, 5.41) is 6.61. The average molecular weight is 226 g/mol. The summed E-state index contributed by atoms with van der Waals surface area (Å²) in [4.78, 5) is 4.46. The molecule has 0 amide bonds. The number of aromatic nitrogens is 1. The summed E-state index contributed by atoms with van der Waals surface area (Å²) in [5.74, 6) is 1.01. The predicted molar refractivity (Wildman–Crippen MR) is 61.9 cm³/mol. The highest BCUT2D eigenvalue weighted by Crippen LogP contribution is 2.31. The zero-order valence-electron chi connectivity index (χ0n) is 9.16. The van der Waals surface area contributed by atoms with Crippen molar-refractivity contribution >= 4 is 11.3 Å². The van der Waals surface area contributed by atoms with Gasteiger partial charge in [0.25, 0.3) is 0 Å². The molecule has 1 aromatic heterocycles. The second kappa shape index (κ2) is 5.58. The van der Waals surface area contributed by atoms with Crippen LogP contribution in [-0.2, 0) is 17.9 Å². The number of nitrogens with zero attached hydrogens (tertiary/aromatic N) is 1. The minimum absolute atomic E-state index is 0.632. The van der Waals surface area contributed by atoms with Gasteiger partial charge in [-0.2, -0.15) is 0 Å². The van der Waals surface area contributed by atoms with Crippen molar-refractivity contribution < 1.29 is 4.74 Å². The molecule has 0 atom stereocenters. The number of ether oxygens (including phenoxy) is 1. The minimum Gasteiger partial charge on any atom is -0.378 e. The third-order valence-corrected chi connectivity index (χ3v) is 3.47. The van der Waals surface area contributed by atoms with Crippen LogP contribution in [0.3, 0.4) is 0 Å². The van der Waals surface area contributed by atoms with Gasteiger partial charge >= 0.3 is 0 Å². The van der Waals surface area contributed by atoms with Crippen molar-refractivity contribution in [1.82, 2.24) is 10.3 Å². The quantitative estimate of drug-likeness (QED) is 0.724. The fraction of sp³-hybridized carbons (Fsp3) is 0.727. The molecular weight excluding hydrogens is 208 g/mol. The Hall–Kier alpha value is -0.450. The van der Waals surface area contributed by atoms with Gasteiger partial charge < -0.3 is 10.1 Å². The molecule has 0 unspecified atom stereocenters. The summed E-state index contributed by atoms with van der Waals surface area (Å²) in [6, 6.07) is 0. The van der Waals surface area contributed by atoms with Gasteiger partial charge in [0, 0.05) is 19.0 Å². The fourth-order valence-electron chi connectivity index (χ4n) is 1.55. The van der Waals surface area contributed by atoms with Gasteiger partial charge in [0.2, 0.25) is 0 Å². The Kier molecular flexibility index (Phi) is 4.11. The standard InChI is InChI=1S/C11H18N2OS/c1-14-7-11-13-10(8-15-11)6-12-5-4-9-2-3-9/h8-9,12H,2-7H2,1H3. The number of hydrogen-bond acceptors (Lipinski definition) is 4. The molecule has 1 aliphatic rings. The Bertz CT molecular complexity index is 297. The second-order valence-electron chi connectivity index (χ2n) is 4.07. The number of thiazole rings is 1. The molecule has 0 aliphatic heterocycles. The van der Waals surface area contributed by atoms with Crippen LogP contribution < -0.4 is 5.32 Å². The first-order valence-electron chi connectivity index (χ1n) is 5.51. The van der Waals surface area contributed by atoms with E-state index in [2.05, 4.69) is 15.7 Å². The zero-order chi connectivity index (χ0) is 10.5. The number of rotatable bonds is 7. The van der Waals surface area contributed by atoms with Gasteiger partial charge in [-0.3, -0.25) is 0 Å². The molecule has 1 aromatic rings. The smallest absolute Gasteiger partial charge is 0.119 e. The molecule has 0 spiro atoms. The molecular formula is C11H18N2OS. The number of methoxy groups -OCH3 is 1. The van der Waals surface area contributed by atoms with E-state index in [9.17, 15) is 0 Å². The predicted octanol–water partition coefficient (Wildman–Crippen LogP) is 2.18. The van der Waals surface area contributed by atoms with E-state index >= 15 is 0 Å². The summed E-state index contributed by atoms with van der Waals surface area (Å²) in [6.45, 7) is 2.65. The zero-order valence-corrected chi connectivity index (χ0v) is 9.98. The van der Waals surface area contributed by atoms with Crippen LogP contribution in [0.1, 0.15) is 30.0 Å². The van der Waals surface area contributed by atoms with Crippen LogP contribution in [-0.4, -0.2) is 18.6 Å². The van der Waals surface area contributed by atoms with E-state index in [1.807, 2.05) is 0 Å². The first kappa shape index (κ1) is 11.0. The van der Waals surface area contributed by atoms with Crippen LogP contribution in [0.15, 0.2) is 5.38 Å². The molecule has 0 radical (unpaired) electrons. The van der Waals surface area contributed by atoms with E-state index in [-0.39, 0.29) is 0 Å². The molecule has 4 heteroatoms. The van der Waals surface area contributed by atoms with Crippen molar-refractivity contribution in [3.8, 4) is 0 Å². The molecule has 84 valence electrons. The lowest BCUT2D eigenvalue weighted by atomic mass is 10.3. The lowest BCUT2D eigenvalue weighted by Crippen LogP contribution is -2.15. The summed E-state index contributed by atoms with van der Waals surface area (Å²) in [5.41, 5.74) is 1.14. The summed E-state index contributed by atoms with van der Waals surface area (Å²) >= 11 is 1.67. The summed E-state index contributed by atoms with van der Waals surface area (Å²) in [7, 11) is 1.70. The van der Waals surface area contributed by atoms with E-state index in [0.29, 0.717) is 6.61 Å². The van der Waals surface area contributed by atoms with Gasteiger partial charge in [-0.05, 0) is 18.9 Å². The third kappa shape index (κ3) is 3.89. The second-order valence-corrected chi connectivity index (χ2v) is 5.02. The first-order valence-corrected chi connectivity index (χ1v) is 6.39. The number of hydrogen-bond donors (Lipinski definition) is 1. The lowest BCUT2D eigenvalue weighted by molar-refractivity contribution is 0.184. The highest BCUT2D eigenvalue weighted by Gasteiger charge is 2.19. The monoisotopic (exact) mass is 226 g/mol. The van der Waals surface area contributed by atoms with Gasteiger partial charge in [0.15, 0.2) is 0 Å². The molecule has 1 aliphatic carbocycles. The van der Waals surface area contributed by atoms with Gasteiger partial charge in [0.05, 0.1) is 12.3 Å². The first-order chi connectivity index (χ1) is 7.38. The van der Waals surface area contributed by atoms with Crippen molar-refractivity contribution in [2.75, 3.05) is 13.7 Å². The largest absolute Gasteiger partial charge is 0.378 e. The van der Waals surface area contributed by atoms with Gasteiger partial charge in [-0.1, -0.05) is 12.8 Å². The maximum Gasteiger partial charge on any atom is 0.119 e. The van der Waals surface area contributed by atoms with E-state index in [1.54, 1.807) is 18.4 Å². The maximum absolute atomic E-state index is 5.03. The van der Waals surface area contributed by atoms with Crippen molar-refractivity contribution in [3.05, 3.63) is 16.1 Å². The third-order valence-electron chi connectivity index (χ3n) is 2.60. The van der Waals surface area contributed by atoms with Gasteiger partial charge in [-0.15, -0.1) is 11.3 Å². The molecule has 2 rings (SSSR count). The van der Waals surface area contributed by atoms with Gasteiger partial charge in [0.1, 0.15) is 5.01 Å². The van der Waals surface area contributed by atoms with Crippen LogP contribution in [0.2, 0.25) is 0 Å². The van der Waals surface area contributed by atoms with Gasteiger partial charge in [-0.25, -0.2) is 4.98 Å². The maximum atomic E-state index is 5.03. The Balaban J connectivity index is 1.63. The van der Waals surface area contributed by atoms with Crippen LogP contribution in [0.4, 0.5) is 0 Å². The van der Waals surface area contributed by atoms with Crippen molar-refractivity contribution in [2.45, 2.75) is 32.4 Å². The minimum atomic E-state index is 0.632. The fourth-order valence-corrected chi connectivity index (χ4v) is 2.31. The van der Waals surface area contributed by atoms with E-state index < -0.39 is 0 Å². The molecule has 0 bridgehead atoms. The Labute approximate surface area is 94.9 Å².